The van der Waals surface area contributed by atoms with Crippen molar-refractivity contribution in [1.29, 1.82) is 5.26 Å². The van der Waals surface area contributed by atoms with Gasteiger partial charge in [0.15, 0.2) is 5.78 Å². The molecule has 0 saturated heterocycles. The zero-order chi connectivity index (χ0) is 11.3. The van der Waals surface area contributed by atoms with Crippen LogP contribution in [0.1, 0.15) is 42.6 Å². The quantitative estimate of drug-likeness (QED) is 0.702. The van der Waals surface area contributed by atoms with E-state index < -0.39 is 0 Å². The summed E-state index contributed by atoms with van der Waals surface area (Å²) in [5.41, 5.74) is 1.30. The van der Waals surface area contributed by atoms with Gasteiger partial charge in [0.2, 0.25) is 0 Å². The van der Waals surface area contributed by atoms with E-state index in [9.17, 15) is 4.79 Å². The highest BCUT2D eigenvalue weighted by molar-refractivity contribution is 5.97. The van der Waals surface area contributed by atoms with E-state index in [4.69, 9.17) is 5.26 Å². The normalized spacial score (nSPS) is 11.8. The summed E-state index contributed by atoms with van der Waals surface area (Å²) in [4.78, 5) is 11.9. The first-order valence-electron chi connectivity index (χ1n) is 5.23. The molecule has 0 heterocycles. The van der Waals surface area contributed by atoms with Crippen LogP contribution in [0.2, 0.25) is 0 Å². The molecule has 0 amide bonds. The van der Waals surface area contributed by atoms with Gasteiger partial charge >= 0.3 is 0 Å². The summed E-state index contributed by atoms with van der Waals surface area (Å²) in [6, 6.07) is 8.87. The fourth-order valence-electron chi connectivity index (χ4n) is 1.56. The van der Waals surface area contributed by atoms with E-state index >= 15 is 0 Å². The van der Waals surface area contributed by atoms with Crippen molar-refractivity contribution in [1.82, 2.24) is 0 Å². The number of Topliss-reactive ketones (excluding diaryl/α,β-unsaturated/α-hetero) is 1. The standard InChI is InChI=1S/C13H15NO/c1-3-4-10(2)13(15)12-7-5-11(9-14)6-8-12/h5-8,10H,3-4H2,1-2H3. The molecule has 1 rings (SSSR count). The molecule has 2 nitrogen and oxygen atoms in total. The Balaban J connectivity index is 2.79. The van der Waals surface area contributed by atoms with Crippen molar-refractivity contribution in [2.24, 2.45) is 5.92 Å². The van der Waals surface area contributed by atoms with Gasteiger partial charge in [-0.1, -0.05) is 32.4 Å². The highest BCUT2D eigenvalue weighted by atomic mass is 16.1. The molecule has 0 aliphatic carbocycles. The van der Waals surface area contributed by atoms with Crippen LogP contribution in [0.25, 0.3) is 0 Å². The second kappa shape index (κ2) is 5.31. The van der Waals surface area contributed by atoms with Crippen LogP contribution in [-0.2, 0) is 0 Å². The molecule has 0 radical (unpaired) electrons. The van der Waals surface area contributed by atoms with Gasteiger partial charge in [-0.25, -0.2) is 0 Å². The van der Waals surface area contributed by atoms with Crippen molar-refractivity contribution in [2.75, 3.05) is 0 Å². The topological polar surface area (TPSA) is 40.9 Å². The fourth-order valence-corrected chi connectivity index (χ4v) is 1.56. The van der Waals surface area contributed by atoms with Crippen molar-refractivity contribution >= 4 is 5.78 Å². The van der Waals surface area contributed by atoms with Crippen LogP contribution in [0.15, 0.2) is 24.3 Å². The third-order valence-electron chi connectivity index (χ3n) is 2.47. The maximum Gasteiger partial charge on any atom is 0.165 e. The SMILES string of the molecule is CCCC(C)C(=O)c1ccc(C#N)cc1. The molecule has 0 aliphatic heterocycles. The Bertz CT molecular complexity index is 373. The Morgan fingerprint density at radius 3 is 2.47 bits per heavy atom. The third kappa shape index (κ3) is 2.92. The zero-order valence-electron chi connectivity index (χ0n) is 9.16. The smallest absolute Gasteiger partial charge is 0.165 e. The first kappa shape index (κ1) is 11.5. The minimum atomic E-state index is 0.0722. The molecule has 0 fully saturated rings. The van der Waals surface area contributed by atoms with Crippen LogP contribution in [0.4, 0.5) is 0 Å². The van der Waals surface area contributed by atoms with E-state index in [1.165, 1.54) is 0 Å². The highest BCUT2D eigenvalue weighted by Gasteiger charge is 2.13. The summed E-state index contributed by atoms with van der Waals surface area (Å²) >= 11 is 0. The first-order valence-corrected chi connectivity index (χ1v) is 5.23. The summed E-state index contributed by atoms with van der Waals surface area (Å²) in [5, 5.41) is 8.63. The Kier molecular flexibility index (Phi) is 4.05. The maximum atomic E-state index is 11.9. The average Bonchev–Trinajstić information content (AvgIpc) is 2.28. The van der Waals surface area contributed by atoms with Crippen LogP contribution in [-0.4, -0.2) is 5.78 Å². The summed E-state index contributed by atoms with van der Waals surface area (Å²) in [5.74, 6) is 0.240. The van der Waals surface area contributed by atoms with Gasteiger partial charge in [-0.2, -0.15) is 5.26 Å². The lowest BCUT2D eigenvalue weighted by atomic mass is 9.95. The van der Waals surface area contributed by atoms with E-state index in [2.05, 4.69) is 6.92 Å². The highest BCUT2D eigenvalue weighted by Crippen LogP contribution is 2.14. The fraction of sp³-hybridized carbons (Fsp3) is 0.385. The van der Waals surface area contributed by atoms with Crippen molar-refractivity contribution in [3.05, 3.63) is 35.4 Å². The monoisotopic (exact) mass is 201 g/mol. The Morgan fingerprint density at radius 1 is 1.40 bits per heavy atom. The van der Waals surface area contributed by atoms with E-state index in [1.54, 1.807) is 24.3 Å². The van der Waals surface area contributed by atoms with Crippen LogP contribution in [0.5, 0.6) is 0 Å². The molecular weight excluding hydrogens is 186 g/mol. The minimum Gasteiger partial charge on any atom is -0.294 e. The van der Waals surface area contributed by atoms with Gasteiger partial charge in [0.25, 0.3) is 0 Å². The molecule has 15 heavy (non-hydrogen) atoms. The molecule has 0 aromatic heterocycles. The number of carbonyl (C=O) groups excluding carboxylic acids is 1. The number of benzene rings is 1. The van der Waals surface area contributed by atoms with Crippen molar-refractivity contribution in [2.45, 2.75) is 26.7 Å². The van der Waals surface area contributed by atoms with E-state index in [-0.39, 0.29) is 11.7 Å². The second-order valence-corrected chi connectivity index (χ2v) is 3.74. The number of nitriles is 1. The van der Waals surface area contributed by atoms with Crippen LogP contribution < -0.4 is 0 Å². The molecule has 1 unspecified atom stereocenters. The van der Waals surface area contributed by atoms with Gasteiger partial charge in [0.1, 0.15) is 0 Å². The van der Waals surface area contributed by atoms with Gasteiger partial charge in [-0.3, -0.25) is 4.79 Å². The van der Waals surface area contributed by atoms with Gasteiger partial charge in [0.05, 0.1) is 11.6 Å². The van der Waals surface area contributed by atoms with Crippen molar-refractivity contribution in [3.63, 3.8) is 0 Å². The van der Waals surface area contributed by atoms with Gasteiger partial charge in [-0.15, -0.1) is 0 Å². The third-order valence-corrected chi connectivity index (χ3v) is 2.47. The number of rotatable bonds is 4. The molecule has 78 valence electrons. The minimum absolute atomic E-state index is 0.0722. The Labute approximate surface area is 90.5 Å². The van der Waals surface area contributed by atoms with E-state index in [0.29, 0.717) is 11.1 Å². The average molecular weight is 201 g/mol. The largest absolute Gasteiger partial charge is 0.294 e. The van der Waals surface area contributed by atoms with Crippen LogP contribution >= 0.6 is 0 Å². The van der Waals surface area contributed by atoms with Gasteiger partial charge in [-0.05, 0) is 18.6 Å². The van der Waals surface area contributed by atoms with E-state index in [1.807, 2.05) is 13.0 Å². The van der Waals surface area contributed by atoms with Crippen molar-refractivity contribution < 1.29 is 4.79 Å². The number of nitrogens with zero attached hydrogens (tertiary/aromatic N) is 1. The predicted octanol–water partition coefficient (Wildman–Crippen LogP) is 3.18. The summed E-state index contributed by atoms with van der Waals surface area (Å²) < 4.78 is 0. The second-order valence-electron chi connectivity index (χ2n) is 3.74. The molecule has 2 heteroatoms. The van der Waals surface area contributed by atoms with Gasteiger partial charge in [0, 0.05) is 11.5 Å². The lowest BCUT2D eigenvalue weighted by Crippen LogP contribution is -2.10. The molecule has 0 saturated carbocycles. The summed E-state index contributed by atoms with van der Waals surface area (Å²) in [7, 11) is 0. The van der Waals surface area contributed by atoms with Gasteiger partial charge < -0.3 is 0 Å². The first-order chi connectivity index (χ1) is 7.19. The lowest BCUT2D eigenvalue weighted by molar-refractivity contribution is 0.0923. The molecule has 0 spiro atoms. The molecule has 1 atom stereocenters. The van der Waals surface area contributed by atoms with Crippen LogP contribution in [0.3, 0.4) is 0 Å². The van der Waals surface area contributed by atoms with Crippen LogP contribution in [0, 0.1) is 17.2 Å². The van der Waals surface area contributed by atoms with E-state index in [0.717, 1.165) is 12.8 Å². The Hall–Kier alpha value is -1.62. The summed E-state index contributed by atoms with van der Waals surface area (Å²) in [6.45, 7) is 4.02. The summed E-state index contributed by atoms with van der Waals surface area (Å²) in [6.07, 6.45) is 1.93. The molecule has 1 aromatic carbocycles. The van der Waals surface area contributed by atoms with Crippen molar-refractivity contribution in [3.8, 4) is 6.07 Å². The number of ketones is 1. The maximum absolute atomic E-state index is 11.9. The molecule has 1 aromatic rings. The number of hydrogen-bond donors (Lipinski definition) is 0. The molecule has 0 aliphatic rings. The molecular formula is C13H15NO. The Morgan fingerprint density at radius 2 is 2.00 bits per heavy atom. The molecule has 0 bridgehead atoms. The molecule has 0 N–H and O–H groups in total. The number of carbonyl (C=O) groups is 1. The lowest BCUT2D eigenvalue weighted by Gasteiger charge is -2.08. The number of hydrogen-bond acceptors (Lipinski definition) is 2. The zero-order valence-corrected chi connectivity index (χ0v) is 9.16. The predicted molar refractivity (Wildman–Crippen MR) is 59.6 cm³/mol.